The van der Waals surface area contributed by atoms with E-state index >= 15 is 0 Å². The summed E-state index contributed by atoms with van der Waals surface area (Å²) < 4.78 is 0.959. The maximum atomic E-state index is 2.84. The molecule has 10 aromatic carbocycles. The van der Waals surface area contributed by atoms with E-state index in [0.29, 0.717) is 7.25 Å². The van der Waals surface area contributed by atoms with Crippen LogP contribution < -0.4 is 0 Å². The third-order valence-corrected chi connectivity index (χ3v) is 39.8. The zero-order valence-electron chi connectivity index (χ0n) is 43.1. The van der Waals surface area contributed by atoms with Gasteiger partial charge in [-0.1, -0.05) is 0 Å². The fraction of sp³-hybridized carbons (Fsp3) is 0.222. The molecule has 361 valence electrons. The van der Waals surface area contributed by atoms with Gasteiger partial charge >= 0.3 is 450 Å². The monoisotopic (exact) mass is 1050 g/mol. The van der Waals surface area contributed by atoms with Gasteiger partial charge in [-0.25, -0.2) is 0 Å². The molecule has 14 rings (SSSR count). The fourth-order valence-electron chi connectivity index (χ4n) is 14.9. The summed E-state index contributed by atoms with van der Waals surface area (Å²) in [6.45, 7) is 5.65. The van der Waals surface area contributed by atoms with E-state index in [1.54, 1.807) is 22.3 Å². The molecule has 0 radical (unpaired) electrons. The number of rotatable bonds is 11. The van der Waals surface area contributed by atoms with Gasteiger partial charge in [0.05, 0.1) is 0 Å². The molecule has 0 heterocycles. The first-order chi connectivity index (χ1) is 36.6. The molecule has 2 fully saturated rings. The summed E-state index contributed by atoms with van der Waals surface area (Å²) in [4.78, 5) is 0. The third kappa shape index (κ3) is 8.01. The van der Waals surface area contributed by atoms with Crippen LogP contribution in [0.15, 0.2) is 205 Å². The Kier molecular flexibility index (Phi) is 12.2. The van der Waals surface area contributed by atoms with Crippen LogP contribution in [0.3, 0.4) is 0 Å². The average Bonchev–Trinajstić information content (AvgIpc) is 4.30. The molecular weight excluding hydrogens is 984 g/mol. The van der Waals surface area contributed by atoms with Gasteiger partial charge < -0.3 is 0 Å². The van der Waals surface area contributed by atoms with Crippen molar-refractivity contribution in [3.63, 3.8) is 0 Å². The van der Waals surface area contributed by atoms with Gasteiger partial charge in [-0.2, -0.15) is 0 Å². The standard InChI is InChI=1S/2C35H29.C2H7Si.Zr/c2*1-2-10-24(9-1)21-25-22-34-32(30-17-7-13-26-11-3-5-15-28(26)30)19-20-33(35(34)23-25)31-18-8-14-27-12-4-6-16-29(27)31;1-3-2;/h2*3-8,11-20,22-24H,1-2,9-10,21H2;3H,1-2H3;. The molecule has 0 nitrogen and oxygen atoms in total. The van der Waals surface area contributed by atoms with Crippen LogP contribution in [0.2, 0.25) is 13.1 Å². The third-order valence-electron chi connectivity index (χ3n) is 18.2. The summed E-state index contributed by atoms with van der Waals surface area (Å²) in [6.07, 6.45) is 19.1. The molecule has 0 amide bonds. The number of hydrogen-bond acceptors (Lipinski definition) is 0. The molecule has 4 aliphatic carbocycles. The zero-order chi connectivity index (χ0) is 49.3. The van der Waals surface area contributed by atoms with Crippen LogP contribution in [0.1, 0.15) is 93.7 Å². The van der Waals surface area contributed by atoms with E-state index in [4.69, 9.17) is 0 Å². The summed E-state index contributed by atoms with van der Waals surface area (Å²) in [6, 6.07) is 75.2. The van der Waals surface area contributed by atoms with Crippen molar-refractivity contribution in [2.75, 3.05) is 0 Å². The van der Waals surface area contributed by atoms with Crippen LogP contribution in [0.25, 0.3) is 99.7 Å². The first kappa shape index (κ1) is 46.4. The Bertz CT molecular complexity index is 3610. The Morgan fingerprint density at radius 2 is 0.635 bits per heavy atom. The number of allylic oxidation sites excluding steroid dienone is 2. The van der Waals surface area contributed by atoms with Crippen molar-refractivity contribution >= 4 is 61.2 Å². The van der Waals surface area contributed by atoms with Crippen molar-refractivity contribution in [2.24, 2.45) is 11.8 Å². The van der Waals surface area contributed by atoms with Crippen molar-refractivity contribution in [1.29, 1.82) is 0 Å². The van der Waals surface area contributed by atoms with Gasteiger partial charge in [0.15, 0.2) is 0 Å². The van der Waals surface area contributed by atoms with Gasteiger partial charge in [-0.05, 0) is 0 Å². The Hall–Kier alpha value is -6.18. The summed E-state index contributed by atoms with van der Waals surface area (Å²) >= 11 is -2.84. The second kappa shape index (κ2) is 19.5. The van der Waals surface area contributed by atoms with Gasteiger partial charge in [0, 0.05) is 0 Å². The molecule has 2 atom stereocenters. The number of fused-ring (bicyclic) bond motifs is 6. The molecule has 2 heteroatoms. The van der Waals surface area contributed by atoms with E-state index in [0.717, 1.165) is 11.8 Å². The maximum absolute atomic E-state index is 2.84. The van der Waals surface area contributed by atoms with Crippen LogP contribution in [0.4, 0.5) is 0 Å². The van der Waals surface area contributed by atoms with E-state index in [1.165, 1.54) is 163 Å². The molecule has 0 saturated heterocycles. The quantitative estimate of drug-likeness (QED) is 0.113. The molecule has 4 aliphatic rings. The number of hydrogen-bond donors (Lipinski definition) is 0. The molecule has 2 unspecified atom stereocenters. The summed E-state index contributed by atoms with van der Waals surface area (Å²) in [7, 11) is 0. The predicted molar refractivity (Wildman–Crippen MR) is 318 cm³/mol. The second-order valence-corrected chi connectivity index (χ2v) is 42.8. The van der Waals surface area contributed by atoms with Crippen LogP contribution in [-0.4, -0.2) is 5.92 Å². The molecule has 74 heavy (non-hydrogen) atoms. The normalized spacial score (nSPS) is 17.7. The van der Waals surface area contributed by atoms with E-state index in [9.17, 15) is 0 Å². The molecule has 0 aromatic heterocycles. The Balaban J connectivity index is 1.07. The van der Waals surface area contributed by atoms with Crippen molar-refractivity contribution in [2.45, 2.75) is 84.6 Å². The van der Waals surface area contributed by atoms with Gasteiger partial charge in [-0.15, -0.1) is 0 Å². The predicted octanol–water partition coefficient (Wildman–Crippen LogP) is 20.3. The van der Waals surface area contributed by atoms with Crippen LogP contribution in [0.5, 0.6) is 0 Å². The summed E-state index contributed by atoms with van der Waals surface area (Å²) in [5.41, 5.74) is 21.4. The summed E-state index contributed by atoms with van der Waals surface area (Å²) in [5, 5.41) is 10.7. The van der Waals surface area contributed by atoms with Crippen LogP contribution in [0, 0.1) is 11.8 Å². The van der Waals surface area contributed by atoms with E-state index < -0.39 is 26.8 Å². The van der Waals surface area contributed by atoms with E-state index in [-0.39, 0.29) is 0 Å². The topological polar surface area (TPSA) is 0 Å². The van der Waals surface area contributed by atoms with E-state index in [1.807, 2.05) is 0 Å². The van der Waals surface area contributed by atoms with Crippen LogP contribution in [-0.2, 0) is 20.9 Å². The second-order valence-electron chi connectivity index (χ2n) is 22.8. The van der Waals surface area contributed by atoms with Crippen LogP contribution >= 0.6 is 0 Å². The molecule has 0 N–H and O–H groups in total. The summed E-state index contributed by atoms with van der Waals surface area (Å²) in [5.74, 6) is 0.159. The molecule has 0 aliphatic heterocycles. The first-order valence-corrected chi connectivity index (χ1v) is 38.1. The minimum absolute atomic E-state index is 0.480. The van der Waals surface area contributed by atoms with Crippen molar-refractivity contribution < 1.29 is 20.9 Å². The Morgan fingerprint density at radius 3 is 0.973 bits per heavy atom. The molecule has 10 aromatic rings. The zero-order valence-corrected chi connectivity index (χ0v) is 46.7. The Labute approximate surface area is 447 Å². The first-order valence-electron chi connectivity index (χ1n) is 28.1. The van der Waals surface area contributed by atoms with Crippen molar-refractivity contribution in [3.05, 3.63) is 228 Å². The number of benzene rings is 10. The molecular formula is C72H65SiZr. The van der Waals surface area contributed by atoms with Gasteiger partial charge in [-0.3, -0.25) is 0 Å². The Morgan fingerprint density at radius 1 is 0.338 bits per heavy atom. The van der Waals surface area contributed by atoms with Gasteiger partial charge in [0.25, 0.3) is 0 Å². The van der Waals surface area contributed by atoms with Gasteiger partial charge in [0.2, 0.25) is 0 Å². The van der Waals surface area contributed by atoms with Crippen molar-refractivity contribution in [1.82, 2.24) is 0 Å². The molecule has 0 bridgehead atoms. The average molecular weight is 1050 g/mol. The fourth-order valence-corrected chi connectivity index (χ4v) is 37.7. The molecule has 2 saturated carbocycles. The SMILES string of the molecule is C[SiH](C)[Zr]([CH]1C(CC2CCCC2)=Cc2c(-c3cccc4ccccc34)ccc(-c3cccc4ccccc34)c21)[CH]1C(CC2CCCC2)=Cc2c(-c3cccc4ccccc34)ccc(-c3cccc4ccccc34)c21. The van der Waals surface area contributed by atoms with Gasteiger partial charge in [0.1, 0.15) is 0 Å². The molecule has 0 spiro atoms. The minimum atomic E-state index is -2.84. The van der Waals surface area contributed by atoms with E-state index in [2.05, 4.69) is 219 Å². The van der Waals surface area contributed by atoms with Crippen molar-refractivity contribution in [3.8, 4) is 44.5 Å².